The van der Waals surface area contributed by atoms with E-state index in [-0.39, 0.29) is 0 Å². The first-order valence-electron chi connectivity index (χ1n) is 8.40. The number of aromatic nitrogens is 1. The summed E-state index contributed by atoms with van der Waals surface area (Å²) < 4.78 is 0. The van der Waals surface area contributed by atoms with Crippen LogP contribution in [0, 0.1) is 0 Å². The van der Waals surface area contributed by atoms with E-state index < -0.39 is 0 Å². The molecule has 1 N–H and O–H groups in total. The van der Waals surface area contributed by atoms with Crippen LogP contribution in [0.2, 0.25) is 0 Å². The molecule has 0 bridgehead atoms. The second kappa shape index (κ2) is 6.75. The molecule has 1 aliphatic heterocycles. The summed E-state index contributed by atoms with van der Waals surface area (Å²) in [5, 5.41) is 3.54. The molecule has 2 aliphatic rings. The third-order valence-electron chi connectivity index (χ3n) is 4.72. The Kier molecular flexibility index (Phi) is 4.76. The highest BCUT2D eigenvalue weighted by Crippen LogP contribution is 2.21. The highest BCUT2D eigenvalue weighted by atomic mass is 15.2. The summed E-state index contributed by atoms with van der Waals surface area (Å²) in [5.74, 6) is 1.10. The molecule has 4 heteroatoms. The Labute approximate surface area is 128 Å². The van der Waals surface area contributed by atoms with Gasteiger partial charge in [0.15, 0.2) is 0 Å². The van der Waals surface area contributed by atoms with Crippen LogP contribution in [-0.4, -0.2) is 48.6 Å². The minimum absolute atomic E-state index is 0.690. The number of likely N-dealkylation sites (N-methyl/N-ethyl adjacent to an activating group) is 2. The van der Waals surface area contributed by atoms with Crippen LogP contribution in [-0.2, 0) is 6.54 Å². The maximum absolute atomic E-state index is 4.81. The number of likely N-dealkylation sites (tertiary alicyclic amines) is 1. The fourth-order valence-electron chi connectivity index (χ4n) is 3.24. The summed E-state index contributed by atoms with van der Waals surface area (Å²) in [6.45, 7) is 6.67. The Morgan fingerprint density at radius 3 is 2.95 bits per heavy atom. The van der Waals surface area contributed by atoms with E-state index in [2.05, 4.69) is 47.3 Å². The Bertz CT molecular complexity index is 458. The number of anilines is 1. The van der Waals surface area contributed by atoms with Gasteiger partial charge in [0.05, 0.1) is 5.69 Å². The van der Waals surface area contributed by atoms with Gasteiger partial charge in [-0.3, -0.25) is 4.90 Å². The summed E-state index contributed by atoms with van der Waals surface area (Å²) in [5.41, 5.74) is 1.16. The molecule has 1 saturated heterocycles. The molecule has 4 nitrogen and oxygen atoms in total. The van der Waals surface area contributed by atoms with Crippen molar-refractivity contribution in [2.24, 2.45) is 0 Å². The molecular weight excluding hydrogens is 260 g/mol. The van der Waals surface area contributed by atoms with Gasteiger partial charge in [0, 0.05) is 32.2 Å². The van der Waals surface area contributed by atoms with E-state index in [4.69, 9.17) is 4.98 Å². The smallest absolute Gasteiger partial charge is 0.128 e. The Morgan fingerprint density at radius 2 is 2.19 bits per heavy atom. The molecule has 0 radical (unpaired) electrons. The maximum atomic E-state index is 4.81. The van der Waals surface area contributed by atoms with Gasteiger partial charge in [-0.05, 0) is 50.9 Å². The highest BCUT2D eigenvalue weighted by Gasteiger charge is 2.24. The van der Waals surface area contributed by atoms with E-state index in [0.29, 0.717) is 6.04 Å². The van der Waals surface area contributed by atoms with Gasteiger partial charge in [0.1, 0.15) is 5.82 Å². The van der Waals surface area contributed by atoms with Crippen LogP contribution in [0.1, 0.15) is 38.3 Å². The number of nitrogens with one attached hydrogen (secondary N) is 1. The number of hydrogen-bond acceptors (Lipinski definition) is 4. The molecule has 3 rings (SSSR count). The molecule has 0 spiro atoms. The minimum Gasteiger partial charge on any atom is -0.358 e. The van der Waals surface area contributed by atoms with E-state index in [1.807, 2.05) is 0 Å². The number of pyridine rings is 1. The molecule has 1 aromatic rings. The highest BCUT2D eigenvalue weighted by molar-refractivity contribution is 5.38. The maximum Gasteiger partial charge on any atom is 0.128 e. The van der Waals surface area contributed by atoms with E-state index in [0.717, 1.165) is 37.2 Å². The molecule has 2 heterocycles. The molecule has 0 aromatic carbocycles. The quantitative estimate of drug-likeness (QED) is 0.834. The van der Waals surface area contributed by atoms with Crippen LogP contribution in [0.4, 0.5) is 5.82 Å². The van der Waals surface area contributed by atoms with Gasteiger partial charge in [-0.15, -0.1) is 0 Å². The Hall–Kier alpha value is -1.13. The van der Waals surface area contributed by atoms with E-state index >= 15 is 0 Å². The molecule has 1 aromatic heterocycles. The zero-order chi connectivity index (χ0) is 14.7. The van der Waals surface area contributed by atoms with Crippen LogP contribution < -0.4 is 10.2 Å². The largest absolute Gasteiger partial charge is 0.358 e. The van der Waals surface area contributed by atoms with Crippen LogP contribution in [0.25, 0.3) is 0 Å². The summed E-state index contributed by atoms with van der Waals surface area (Å²) in [6, 6.07) is 7.82. The lowest BCUT2D eigenvalue weighted by molar-refractivity contribution is 0.270. The predicted octanol–water partition coefficient (Wildman–Crippen LogP) is 2.25. The van der Waals surface area contributed by atoms with Crippen molar-refractivity contribution in [1.82, 2.24) is 15.2 Å². The van der Waals surface area contributed by atoms with E-state index in [1.54, 1.807) is 0 Å². The molecule has 1 unspecified atom stereocenters. The third kappa shape index (κ3) is 3.95. The van der Waals surface area contributed by atoms with Crippen molar-refractivity contribution < 1.29 is 0 Å². The lowest BCUT2D eigenvalue weighted by Gasteiger charge is -2.28. The van der Waals surface area contributed by atoms with E-state index in [9.17, 15) is 0 Å². The number of hydrogen-bond donors (Lipinski definition) is 1. The average Bonchev–Trinajstić information content (AvgIpc) is 3.24. The van der Waals surface area contributed by atoms with Crippen molar-refractivity contribution in [3.05, 3.63) is 23.9 Å². The Balaban J connectivity index is 1.57. The van der Waals surface area contributed by atoms with Gasteiger partial charge in [0.2, 0.25) is 0 Å². The zero-order valence-corrected chi connectivity index (χ0v) is 13.4. The summed E-state index contributed by atoms with van der Waals surface area (Å²) in [7, 11) is 2.17. The second-order valence-corrected chi connectivity index (χ2v) is 6.45. The van der Waals surface area contributed by atoms with Gasteiger partial charge in [-0.1, -0.05) is 13.0 Å². The van der Waals surface area contributed by atoms with Crippen molar-refractivity contribution in [1.29, 1.82) is 0 Å². The fourth-order valence-corrected chi connectivity index (χ4v) is 3.24. The molecule has 2 fully saturated rings. The SMILES string of the molecule is CCN1CCCC1CN(C)c1cccc(CNC2CC2)n1. The van der Waals surface area contributed by atoms with Crippen LogP contribution >= 0.6 is 0 Å². The summed E-state index contributed by atoms with van der Waals surface area (Å²) >= 11 is 0. The lowest BCUT2D eigenvalue weighted by Crippen LogP contribution is -2.39. The first-order valence-corrected chi connectivity index (χ1v) is 8.40. The topological polar surface area (TPSA) is 31.4 Å². The summed E-state index contributed by atoms with van der Waals surface area (Å²) in [6.07, 6.45) is 5.31. The van der Waals surface area contributed by atoms with Crippen LogP contribution in [0.15, 0.2) is 18.2 Å². The molecule has 1 atom stereocenters. The fraction of sp³-hybridized carbons (Fsp3) is 0.706. The van der Waals surface area contributed by atoms with Crippen molar-refractivity contribution in [2.75, 3.05) is 31.6 Å². The molecular formula is C17H28N4. The second-order valence-electron chi connectivity index (χ2n) is 6.45. The van der Waals surface area contributed by atoms with Crippen molar-refractivity contribution in [2.45, 2.75) is 51.2 Å². The number of nitrogens with zero attached hydrogens (tertiary/aromatic N) is 3. The van der Waals surface area contributed by atoms with Crippen molar-refractivity contribution in [3.63, 3.8) is 0 Å². The van der Waals surface area contributed by atoms with Crippen molar-refractivity contribution >= 4 is 5.82 Å². The Morgan fingerprint density at radius 1 is 1.33 bits per heavy atom. The standard InChI is InChI=1S/C17H28N4/c1-3-21-11-5-7-16(21)13-20(2)17-8-4-6-15(19-17)12-18-14-9-10-14/h4,6,8,14,16,18H,3,5,7,9-13H2,1-2H3. The molecule has 21 heavy (non-hydrogen) atoms. The van der Waals surface area contributed by atoms with Gasteiger partial charge in [0.25, 0.3) is 0 Å². The predicted molar refractivity (Wildman–Crippen MR) is 87.6 cm³/mol. The van der Waals surface area contributed by atoms with E-state index in [1.165, 1.54) is 32.2 Å². The minimum atomic E-state index is 0.690. The van der Waals surface area contributed by atoms with Gasteiger partial charge >= 0.3 is 0 Å². The third-order valence-corrected chi connectivity index (χ3v) is 4.72. The first kappa shape index (κ1) is 14.8. The molecule has 1 aliphatic carbocycles. The summed E-state index contributed by atoms with van der Waals surface area (Å²) in [4.78, 5) is 9.72. The first-order chi connectivity index (χ1) is 10.3. The molecule has 0 amide bonds. The van der Waals surface area contributed by atoms with Crippen molar-refractivity contribution in [3.8, 4) is 0 Å². The van der Waals surface area contributed by atoms with Gasteiger partial charge in [-0.25, -0.2) is 4.98 Å². The normalized spacial score (nSPS) is 22.7. The molecule has 116 valence electrons. The van der Waals surface area contributed by atoms with Crippen LogP contribution in [0.3, 0.4) is 0 Å². The zero-order valence-electron chi connectivity index (χ0n) is 13.4. The molecule has 1 saturated carbocycles. The number of rotatable bonds is 7. The van der Waals surface area contributed by atoms with Gasteiger partial charge in [-0.2, -0.15) is 0 Å². The monoisotopic (exact) mass is 288 g/mol. The van der Waals surface area contributed by atoms with Gasteiger partial charge < -0.3 is 10.2 Å². The lowest BCUT2D eigenvalue weighted by atomic mass is 10.2. The van der Waals surface area contributed by atoms with Crippen LogP contribution in [0.5, 0.6) is 0 Å². The average molecular weight is 288 g/mol.